The van der Waals surface area contributed by atoms with Crippen LogP contribution in [0.1, 0.15) is 19.3 Å². The minimum absolute atomic E-state index is 0.115. The third kappa shape index (κ3) is 1.40. The maximum absolute atomic E-state index is 10.4. The molecule has 0 aliphatic carbocycles. The summed E-state index contributed by atoms with van der Waals surface area (Å²) in [6.45, 7) is 0. The van der Waals surface area contributed by atoms with E-state index < -0.39 is 0 Å². The molecule has 1 rings (SSSR count). The minimum atomic E-state index is -0.142. The molecule has 0 radical (unpaired) electrons. The van der Waals surface area contributed by atoms with E-state index in [2.05, 4.69) is 12.6 Å². The zero-order valence-corrected chi connectivity index (χ0v) is 5.36. The lowest BCUT2D eigenvalue weighted by Gasteiger charge is -2.16. The second-order valence-corrected chi connectivity index (χ2v) is 2.41. The van der Waals surface area contributed by atoms with E-state index in [0.717, 1.165) is 12.8 Å². The molecule has 1 unspecified atom stereocenters. The van der Waals surface area contributed by atoms with E-state index in [1.807, 2.05) is 0 Å². The van der Waals surface area contributed by atoms with Crippen molar-refractivity contribution in [1.29, 1.82) is 0 Å². The molecule has 1 fully saturated rings. The number of hydrogen-bond acceptors (Lipinski definition) is 3. The normalized spacial score (nSPS) is 29.6. The molecule has 46 valence electrons. The summed E-state index contributed by atoms with van der Waals surface area (Å²) in [6.07, 6.45) is 2.39. The Morgan fingerprint density at radius 1 is 1.75 bits per heavy atom. The highest BCUT2D eigenvalue weighted by atomic mass is 32.1. The summed E-state index contributed by atoms with van der Waals surface area (Å²) in [5.74, 6) is -0.115. The molecule has 1 aliphatic heterocycles. The molecule has 1 atom stereocenters. The third-order valence-corrected chi connectivity index (χ3v) is 1.46. The van der Waals surface area contributed by atoms with Crippen LogP contribution in [0.4, 0.5) is 0 Å². The molecule has 0 N–H and O–H groups in total. The summed E-state index contributed by atoms with van der Waals surface area (Å²) in [4.78, 5) is 10.4. The van der Waals surface area contributed by atoms with Crippen LogP contribution in [-0.4, -0.2) is 11.4 Å². The molecule has 0 bridgehead atoms. The van der Waals surface area contributed by atoms with E-state index in [1.54, 1.807) is 0 Å². The predicted molar refractivity (Wildman–Crippen MR) is 32.7 cm³/mol. The van der Waals surface area contributed by atoms with Crippen LogP contribution in [0.2, 0.25) is 0 Å². The Kier molecular flexibility index (Phi) is 1.78. The molecule has 1 heterocycles. The van der Waals surface area contributed by atoms with Gasteiger partial charge < -0.3 is 4.74 Å². The topological polar surface area (TPSA) is 26.3 Å². The van der Waals surface area contributed by atoms with Crippen LogP contribution < -0.4 is 0 Å². The molecule has 1 saturated heterocycles. The Morgan fingerprint density at radius 2 is 2.50 bits per heavy atom. The minimum Gasteiger partial charge on any atom is -0.452 e. The largest absolute Gasteiger partial charge is 0.452 e. The first-order chi connectivity index (χ1) is 3.79. The van der Waals surface area contributed by atoms with Crippen molar-refractivity contribution in [1.82, 2.24) is 0 Å². The van der Waals surface area contributed by atoms with E-state index >= 15 is 0 Å². The Bertz CT molecular complexity index is 103. The molecule has 0 aromatic heterocycles. The van der Waals surface area contributed by atoms with E-state index in [9.17, 15) is 4.79 Å². The van der Waals surface area contributed by atoms with Crippen molar-refractivity contribution in [2.75, 3.05) is 0 Å². The highest BCUT2D eigenvalue weighted by molar-refractivity contribution is 7.80. The third-order valence-electron chi connectivity index (χ3n) is 1.10. The molecular weight excluding hydrogens is 124 g/mol. The lowest BCUT2D eigenvalue weighted by Crippen LogP contribution is -2.18. The highest BCUT2D eigenvalue weighted by Crippen LogP contribution is 2.15. The van der Waals surface area contributed by atoms with E-state index in [0.29, 0.717) is 6.42 Å². The first kappa shape index (κ1) is 5.95. The molecule has 0 aromatic rings. The van der Waals surface area contributed by atoms with Crippen LogP contribution in [0.5, 0.6) is 0 Å². The Balaban J connectivity index is 2.34. The van der Waals surface area contributed by atoms with Crippen molar-refractivity contribution in [2.45, 2.75) is 24.7 Å². The van der Waals surface area contributed by atoms with Crippen LogP contribution >= 0.6 is 12.6 Å². The van der Waals surface area contributed by atoms with Crippen molar-refractivity contribution in [3.05, 3.63) is 0 Å². The number of carbonyl (C=O) groups excluding carboxylic acids is 1. The number of cyclic esters (lactones) is 1. The van der Waals surface area contributed by atoms with Gasteiger partial charge in [-0.2, -0.15) is 0 Å². The first-order valence-electron chi connectivity index (χ1n) is 2.66. The second kappa shape index (κ2) is 2.40. The second-order valence-electron chi connectivity index (χ2n) is 1.84. The van der Waals surface area contributed by atoms with Gasteiger partial charge in [0.15, 0.2) is 0 Å². The first-order valence-corrected chi connectivity index (χ1v) is 3.18. The quantitative estimate of drug-likeness (QED) is 0.392. The van der Waals surface area contributed by atoms with Gasteiger partial charge in [-0.25, -0.2) is 0 Å². The molecule has 8 heavy (non-hydrogen) atoms. The zero-order valence-electron chi connectivity index (χ0n) is 4.46. The molecule has 3 heteroatoms. The van der Waals surface area contributed by atoms with Crippen molar-refractivity contribution < 1.29 is 9.53 Å². The van der Waals surface area contributed by atoms with Gasteiger partial charge in [0.05, 0.1) is 0 Å². The summed E-state index contributed by atoms with van der Waals surface area (Å²) < 4.78 is 4.71. The van der Waals surface area contributed by atoms with E-state index in [4.69, 9.17) is 4.74 Å². The van der Waals surface area contributed by atoms with Gasteiger partial charge in [0.2, 0.25) is 0 Å². The summed E-state index contributed by atoms with van der Waals surface area (Å²) in [7, 11) is 0. The summed E-state index contributed by atoms with van der Waals surface area (Å²) in [5.41, 5.74) is -0.142. The highest BCUT2D eigenvalue weighted by Gasteiger charge is 2.15. The lowest BCUT2D eigenvalue weighted by atomic mass is 10.2. The Morgan fingerprint density at radius 3 is 2.88 bits per heavy atom. The number of carbonyl (C=O) groups is 1. The van der Waals surface area contributed by atoms with Crippen molar-refractivity contribution in [2.24, 2.45) is 0 Å². The average molecular weight is 132 g/mol. The molecule has 0 spiro atoms. The van der Waals surface area contributed by atoms with Crippen molar-refractivity contribution in [3.8, 4) is 0 Å². The fourth-order valence-corrected chi connectivity index (χ4v) is 0.991. The van der Waals surface area contributed by atoms with Gasteiger partial charge in [0, 0.05) is 6.42 Å². The molecule has 2 nitrogen and oxygen atoms in total. The lowest BCUT2D eigenvalue weighted by molar-refractivity contribution is -0.148. The van der Waals surface area contributed by atoms with Gasteiger partial charge in [-0.05, 0) is 12.8 Å². The molecular formula is C5H8O2S. The molecule has 0 aromatic carbocycles. The number of esters is 1. The van der Waals surface area contributed by atoms with Crippen LogP contribution in [0.25, 0.3) is 0 Å². The summed E-state index contributed by atoms with van der Waals surface area (Å²) >= 11 is 3.98. The fourth-order valence-electron chi connectivity index (χ4n) is 0.691. The maximum Gasteiger partial charge on any atom is 0.306 e. The maximum atomic E-state index is 10.4. The summed E-state index contributed by atoms with van der Waals surface area (Å²) in [6, 6.07) is 0. The fraction of sp³-hybridized carbons (Fsp3) is 0.800. The predicted octanol–water partition coefficient (Wildman–Crippen LogP) is 0.969. The van der Waals surface area contributed by atoms with E-state index in [-0.39, 0.29) is 11.4 Å². The standard InChI is InChI=1S/C5H8O2S/c6-4-2-1-3-5(8)7-4/h5,8H,1-3H2. The summed E-state index contributed by atoms with van der Waals surface area (Å²) in [5, 5.41) is 0. The molecule has 1 aliphatic rings. The van der Waals surface area contributed by atoms with Crippen LogP contribution in [0.15, 0.2) is 0 Å². The zero-order chi connectivity index (χ0) is 5.98. The van der Waals surface area contributed by atoms with Gasteiger partial charge in [-0.15, -0.1) is 12.6 Å². The van der Waals surface area contributed by atoms with Crippen molar-refractivity contribution >= 4 is 18.6 Å². The van der Waals surface area contributed by atoms with Gasteiger partial charge in [0.1, 0.15) is 5.44 Å². The van der Waals surface area contributed by atoms with Gasteiger partial charge in [-0.1, -0.05) is 0 Å². The number of rotatable bonds is 0. The number of hydrogen-bond donors (Lipinski definition) is 1. The Labute approximate surface area is 53.6 Å². The van der Waals surface area contributed by atoms with Crippen molar-refractivity contribution in [3.63, 3.8) is 0 Å². The van der Waals surface area contributed by atoms with Gasteiger partial charge >= 0.3 is 5.97 Å². The van der Waals surface area contributed by atoms with Crippen LogP contribution in [0.3, 0.4) is 0 Å². The SMILES string of the molecule is O=C1CCCC(S)O1. The number of ether oxygens (including phenoxy) is 1. The van der Waals surface area contributed by atoms with Crippen LogP contribution in [0, 0.1) is 0 Å². The molecule has 0 saturated carbocycles. The molecule has 0 amide bonds. The monoisotopic (exact) mass is 132 g/mol. The van der Waals surface area contributed by atoms with Gasteiger partial charge in [-0.3, -0.25) is 4.79 Å². The van der Waals surface area contributed by atoms with Gasteiger partial charge in [0.25, 0.3) is 0 Å². The number of thiol groups is 1. The Hall–Kier alpha value is -0.180. The van der Waals surface area contributed by atoms with Crippen LogP contribution in [-0.2, 0) is 9.53 Å². The van der Waals surface area contributed by atoms with E-state index in [1.165, 1.54) is 0 Å². The average Bonchev–Trinajstić information content (AvgIpc) is 1.64. The smallest absolute Gasteiger partial charge is 0.306 e.